The van der Waals surface area contributed by atoms with Crippen LogP contribution in [0, 0.1) is 0 Å². The van der Waals surface area contributed by atoms with Crippen LogP contribution in [0.5, 0.6) is 0 Å². The van der Waals surface area contributed by atoms with E-state index in [1.54, 1.807) is 11.3 Å². The predicted molar refractivity (Wildman–Crippen MR) is 79.5 cm³/mol. The van der Waals surface area contributed by atoms with Gasteiger partial charge in [0.15, 0.2) is 0 Å². The summed E-state index contributed by atoms with van der Waals surface area (Å²) in [6.45, 7) is 3.03. The van der Waals surface area contributed by atoms with E-state index in [1.165, 1.54) is 5.56 Å². The summed E-state index contributed by atoms with van der Waals surface area (Å²) < 4.78 is 2.06. The van der Waals surface area contributed by atoms with Gasteiger partial charge in [0.1, 0.15) is 5.65 Å². The van der Waals surface area contributed by atoms with E-state index >= 15 is 0 Å². The van der Waals surface area contributed by atoms with Crippen LogP contribution in [-0.2, 0) is 13.0 Å². The first-order valence-electron chi connectivity index (χ1n) is 6.48. The van der Waals surface area contributed by atoms with Crippen molar-refractivity contribution in [2.45, 2.75) is 25.9 Å². The zero-order valence-electron chi connectivity index (χ0n) is 10.9. The number of fused-ring (bicyclic) bond motifs is 1. The molecule has 0 amide bonds. The number of hydrogen-bond acceptors (Lipinski definition) is 3. The van der Waals surface area contributed by atoms with Crippen molar-refractivity contribution in [2.24, 2.45) is 0 Å². The fourth-order valence-corrected chi connectivity index (χ4v) is 2.87. The Hall–Kier alpha value is -1.65. The maximum Gasteiger partial charge on any atom is 0.137 e. The normalized spacial score (nSPS) is 12.9. The number of thiophene rings is 1. The van der Waals surface area contributed by atoms with Gasteiger partial charge in [0.05, 0.1) is 5.69 Å². The van der Waals surface area contributed by atoms with E-state index in [1.807, 2.05) is 24.4 Å². The van der Waals surface area contributed by atoms with Gasteiger partial charge in [-0.15, -0.1) is 0 Å². The molecule has 3 aromatic rings. The first-order chi connectivity index (χ1) is 9.31. The summed E-state index contributed by atoms with van der Waals surface area (Å²) in [4.78, 5) is 4.58. The molecule has 0 aliphatic heterocycles. The van der Waals surface area contributed by atoms with E-state index in [0.29, 0.717) is 6.04 Å². The minimum atomic E-state index is 0.458. The van der Waals surface area contributed by atoms with Crippen LogP contribution in [0.2, 0.25) is 0 Å². The van der Waals surface area contributed by atoms with E-state index < -0.39 is 0 Å². The Labute approximate surface area is 116 Å². The molecule has 0 spiro atoms. The van der Waals surface area contributed by atoms with Crippen LogP contribution >= 0.6 is 11.3 Å². The zero-order chi connectivity index (χ0) is 13.1. The van der Waals surface area contributed by atoms with E-state index in [0.717, 1.165) is 24.3 Å². The summed E-state index contributed by atoms with van der Waals surface area (Å²) in [5, 5.41) is 7.87. The van der Waals surface area contributed by atoms with Crippen molar-refractivity contribution in [3.8, 4) is 0 Å². The van der Waals surface area contributed by atoms with Crippen LogP contribution in [-0.4, -0.2) is 15.4 Å². The molecule has 0 saturated heterocycles. The van der Waals surface area contributed by atoms with Gasteiger partial charge in [-0.3, -0.25) is 0 Å². The number of nitrogens with zero attached hydrogens (tertiary/aromatic N) is 2. The summed E-state index contributed by atoms with van der Waals surface area (Å²) in [5.41, 5.74) is 3.49. The van der Waals surface area contributed by atoms with Crippen molar-refractivity contribution in [3.63, 3.8) is 0 Å². The van der Waals surface area contributed by atoms with Gasteiger partial charge in [0.25, 0.3) is 0 Å². The molecule has 3 nitrogen and oxygen atoms in total. The van der Waals surface area contributed by atoms with E-state index in [4.69, 9.17) is 0 Å². The second kappa shape index (κ2) is 5.55. The second-order valence-electron chi connectivity index (χ2n) is 4.82. The average Bonchev–Trinajstić information content (AvgIpc) is 3.04. The molecule has 1 atom stereocenters. The SMILES string of the molecule is CC(Cc1ccsc1)NCc1cn2ccccc2n1. The standard InChI is InChI=1S/C15H17N3S/c1-12(8-13-5-7-19-11-13)16-9-14-10-18-6-3-2-4-15(18)17-14/h2-7,10-12,16H,8-9H2,1H3. The largest absolute Gasteiger partial charge is 0.308 e. The highest BCUT2D eigenvalue weighted by atomic mass is 32.1. The quantitative estimate of drug-likeness (QED) is 0.772. The summed E-state index contributed by atoms with van der Waals surface area (Å²) in [6.07, 6.45) is 5.18. The molecule has 0 bridgehead atoms. The highest BCUT2D eigenvalue weighted by Gasteiger charge is 2.05. The Morgan fingerprint density at radius 2 is 2.32 bits per heavy atom. The van der Waals surface area contributed by atoms with Crippen LogP contribution in [0.4, 0.5) is 0 Å². The van der Waals surface area contributed by atoms with Crippen molar-refractivity contribution < 1.29 is 0 Å². The van der Waals surface area contributed by atoms with E-state index in [-0.39, 0.29) is 0 Å². The molecule has 1 unspecified atom stereocenters. The van der Waals surface area contributed by atoms with Crippen LogP contribution < -0.4 is 5.32 Å². The molecular weight excluding hydrogens is 254 g/mol. The van der Waals surface area contributed by atoms with Gasteiger partial charge < -0.3 is 9.72 Å². The van der Waals surface area contributed by atoms with Gasteiger partial charge in [-0.1, -0.05) is 6.07 Å². The van der Waals surface area contributed by atoms with Gasteiger partial charge in [-0.25, -0.2) is 4.98 Å². The van der Waals surface area contributed by atoms with Crippen molar-refractivity contribution in [1.82, 2.24) is 14.7 Å². The van der Waals surface area contributed by atoms with Gasteiger partial charge in [-0.2, -0.15) is 11.3 Å². The molecule has 3 rings (SSSR count). The monoisotopic (exact) mass is 271 g/mol. The molecule has 0 radical (unpaired) electrons. The molecule has 0 fully saturated rings. The highest BCUT2D eigenvalue weighted by molar-refractivity contribution is 7.07. The Bertz CT molecular complexity index is 609. The lowest BCUT2D eigenvalue weighted by atomic mass is 10.1. The van der Waals surface area contributed by atoms with E-state index in [9.17, 15) is 0 Å². The number of rotatable bonds is 5. The molecule has 98 valence electrons. The molecule has 3 aromatic heterocycles. The lowest BCUT2D eigenvalue weighted by Crippen LogP contribution is -2.27. The zero-order valence-corrected chi connectivity index (χ0v) is 11.7. The number of hydrogen-bond donors (Lipinski definition) is 1. The molecule has 1 N–H and O–H groups in total. The maximum absolute atomic E-state index is 4.58. The third-order valence-electron chi connectivity index (χ3n) is 3.17. The van der Waals surface area contributed by atoms with Gasteiger partial charge >= 0.3 is 0 Å². The summed E-state index contributed by atoms with van der Waals surface area (Å²) in [7, 11) is 0. The van der Waals surface area contributed by atoms with Crippen molar-refractivity contribution in [2.75, 3.05) is 0 Å². The summed E-state index contributed by atoms with van der Waals surface area (Å²) in [6, 6.07) is 8.70. The molecule has 0 saturated carbocycles. The maximum atomic E-state index is 4.58. The van der Waals surface area contributed by atoms with Crippen molar-refractivity contribution in [3.05, 3.63) is 58.7 Å². The van der Waals surface area contributed by atoms with Crippen LogP contribution in [0.25, 0.3) is 5.65 Å². The first-order valence-corrected chi connectivity index (χ1v) is 7.42. The fraction of sp³-hybridized carbons (Fsp3) is 0.267. The highest BCUT2D eigenvalue weighted by Crippen LogP contribution is 2.09. The Morgan fingerprint density at radius 3 is 3.11 bits per heavy atom. The first kappa shape index (κ1) is 12.4. The van der Waals surface area contributed by atoms with Gasteiger partial charge in [0, 0.05) is 25.0 Å². The molecule has 0 aliphatic carbocycles. The molecule has 0 aliphatic rings. The van der Waals surface area contributed by atoms with Crippen LogP contribution in [0.3, 0.4) is 0 Å². The lowest BCUT2D eigenvalue weighted by molar-refractivity contribution is 0.541. The smallest absolute Gasteiger partial charge is 0.137 e. The van der Waals surface area contributed by atoms with Gasteiger partial charge in [-0.05, 0) is 47.9 Å². The predicted octanol–water partition coefficient (Wildman–Crippen LogP) is 3.12. The lowest BCUT2D eigenvalue weighted by Gasteiger charge is -2.11. The third-order valence-corrected chi connectivity index (χ3v) is 3.90. The van der Waals surface area contributed by atoms with Crippen molar-refractivity contribution in [1.29, 1.82) is 0 Å². The minimum absolute atomic E-state index is 0.458. The van der Waals surface area contributed by atoms with Gasteiger partial charge in [0.2, 0.25) is 0 Å². The second-order valence-corrected chi connectivity index (χ2v) is 5.60. The molecule has 4 heteroatoms. The number of pyridine rings is 1. The summed E-state index contributed by atoms with van der Waals surface area (Å²) in [5.74, 6) is 0. The molecule has 3 heterocycles. The fourth-order valence-electron chi connectivity index (χ4n) is 2.19. The summed E-state index contributed by atoms with van der Waals surface area (Å²) >= 11 is 1.76. The third kappa shape index (κ3) is 3.03. The van der Waals surface area contributed by atoms with Crippen molar-refractivity contribution >= 4 is 17.0 Å². The minimum Gasteiger partial charge on any atom is -0.308 e. The Kier molecular flexibility index (Phi) is 3.62. The number of aromatic nitrogens is 2. The molecule has 0 aromatic carbocycles. The topological polar surface area (TPSA) is 29.3 Å². The number of nitrogens with one attached hydrogen (secondary N) is 1. The average molecular weight is 271 g/mol. The molecule has 19 heavy (non-hydrogen) atoms. The molecular formula is C15H17N3S. The van der Waals surface area contributed by atoms with Crippen LogP contribution in [0.15, 0.2) is 47.4 Å². The Morgan fingerprint density at radius 1 is 1.37 bits per heavy atom. The Balaban J connectivity index is 1.59. The van der Waals surface area contributed by atoms with E-state index in [2.05, 4.69) is 44.6 Å². The number of imidazole rings is 1. The van der Waals surface area contributed by atoms with Crippen LogP contribution in [0.1, 0.15) is 18.2 Å².